The van der Waals surface area contributed by atoms with Crippen molar-refractivity contribution in [3.05, 3.63) is 29.3 Å². The number of aromatic hydroxyl groups is 1. The van der Waals surface area contributed by atoms with Gasteiger partial charge < -0.3 is 33.6 Å². The normalized spacial score (nSPS) is 13.1. The maximum atomic E-state index is 9.42. The second-order valence-corrected chi connectivity index (χ2v) is 4.84. The standard InChI is InChI=1S/C12H19NO.HI/c1-9-8-11(6-7-12(9)14)10(2)13(3,4)5;/h6-8,10H,1-5H3;1H. The van der Waals surface area contributed by atoms with Gasteiger partial charge in [-0.15, -0.1) is 0 Å². The van der Waals surface area contributed by atoms with Crippen LogP contribution in [0.3, 0.4) is 0 Å². The Balaban J connectivity index is 0.00000196. The molecule has 1 aromatic rings. The van der Waals surface area contributed by atoms with Crippen LogP contribution in [0.4, 0.5) is 0 Å². The third-order valence-corrected chi connectivity index (χ3v) is 2.87. The number of phenols is 1. The summed E-state index contributed by atoms with van der Waals surface area (Å²) in [5.74, 6) is 0.377. The molecule has 0 aliphatic heterocycles. The van der Waals surface area contributed by atoms with E-state index in [-0.39, 0.29) is 24.0 Å². The molecule has 1 aromatic carbocycles. The van der Waals surface area contributed by atoms with E-state index in [0.29, 0.717) is 11.8 Å². The number of rotatable bonds is 2. The third-order valence-electron chi connectivity index (χ3n) is 2.87. The Morgan fingerprint density at radius 2 is 1.73 bits per heavy atom. The van der Waals surface area contributed by atoms with Gasteiger partial charge in [0.1, 0.15) is 11.8 Å². The van der Waals surface area contributed by atoms with Gasteiger partial charge in [-0.1, -0.05) is 0 Å². The number of nitrogens with zero attached hydrogens (tertiary/aromatic N) is 1. The topological polar surface area (TPSA) is 20.2 Å². The van der Waals surface area contributed by atoms with Gasteiger partial charge in [0.25, 0.3) is 0 Å². The average molecular weight is 321 g/mol. The lowest BCUT2D eigenvalue weighted by atomic mass is 10.0. The van der Waals surface area contributed by atoms with Crippen molar-refractivity contribution in [1.29, 1.82) is 0 Å². The first-order valence-corrected chi connectivity index (χ1v) is 4.93. The lowest BCUT2D eigenvalue weighted by Gasteiger charge is -2.32. The van der Waals surface area contributed by atoms with E-state index in [9.17, 15) is 5.11 Å². The molecule has 0 radical (unpaired) electrons. The summed E-state index contributed by atoms with van der Waals surface area (Å²) in [5, 5.41) is 9.42. The number of quaternary nitrogens is 1. The van der Waals surface area contributed by atoms with E-state index >= 15 is 0 Å². The van der Waals surface area contributed by atoms with Crippen molar-refractivity contribution in [1.82, 2.24) is 0 Å². The maximum Gasteiger partial charge on any atom is 0.118 e. The summed E-state index contributed by atoms with van der Waals surface area (Å²) in [5.41, 5.74) is 2.22. The monoisotopic (exact) mass is 321 g/mol. The van der Waals surface area contributed by atoms with Crippen LogP contribution < -0.4 is 24.0 Å². The molecule has 1 unspecified atom stereocenters. The second-order valence-electron chi connectivity index (χ2n) is 4.84. The minimum Gasteiger partial charge on any atom is -1.00 e. The Hall–Kier alpha value is -0.290. The van der Waals surface area contributed by atoms with Crippen LogP contribution in [0.1, 0.15) is 24.1 Å². The molecule has 0 spiro atoms. The van der Waals surface area contributed by atoms with Crippen molar-refractivity contribution in [2.75, 3.05) is 21.1 Å². The highest BCUT2D eigenvalue weighted by Crippen LogP contribution is 2.26. The predicted molar refractivity (Wildman–Crippen MR) is 59.3 cm³/mol. The lowest BCUT2D eigenvalue weighted by molar-refractivity contribution is -0.900. The number of halogens is 1. The van der Waals surface area contributed by atoms with Crippen LogP contribution in [0.5, 0.6) is 5.75 Å². The minimum atomic E-state index is 0. The molecule has 15 heavy (non-hydrogen) atoms. The first-order chi connectivity index (χ1) is 6.32. The van der Waals surface area contributed by atoms with E-state index in [4.69, 9.17) is 0 Å². The van der Waals surface area contributed by atoms with Crippen molar-refractivity contribution >= 4 is 0 Å². The van der Waals surface area contributed by atoms with Crippen LogP contribution in [0.25, 0.3) is 0 Å². The van der Waals surface area contributed by atoms with Crippen LogP contribution in [-0.2, 0) is 0 Å². The fraction of sp³-hybridized carbons (Fsp3) is 0.500. The van der Waals surface area contributed by atoms with E-state index in [0.717, 1.165) is 10.0 Å². The summed E-state index contributed by atoms with van der Waals surface area (Å²) in [7, 11) is 6.52. The van der Waals surface area contributed by atoms with E-state index in [1.807, 2.05) is 13.0 Å². The van der Waals surface area contributed by atoms with Gasteiger partial charge in [-0.2, -0.15) is 0 Å². The quantitative estimate of drug-likeness (QED) is 0.574. The van der Waals surface area contributed by atoms with Gasteiger partial charge in [-0.3, -0.25) is 0 Å². The van der Waals surface area contributed by atoms with Crippen molar-refractivity contribution in [2.45, 2.75) is 19.9 Å². The van der Waals surface area contributed by atoms with Crippen LogP contribution in [0.15, 0.2) is 18.2 Å². The van der Waals surface area contributed by atoms with Gasteiger partial charge in [0.2, 0.25) is 0 Å². The molecule has 0 saturated carbocycles. The van der Waals surface area contributed by atoms with Gasteiger partial charge >= 0.3 is 0 Å². The molecule has 0 heterocycles. The zero-order valence-electron chi connectivity index (χ0n) is 10.1. The zero-order valence-corrected chi connectivity index (χ0v) is 12.2. The molecule has 0 aromatic heterocycles. The van der Waals surface area contributed by atoms with Gasteiger partial charge in [-0.25, -0.2) is 0 Å². The SMILES string of the molecule is Cc1cc(C(C)[N+](C)(C)C)ccc1O.[I-]. The predicted octanol–water partition coefficient (Wildman–Crippen LogP) is -0.528. The van der Waals surface area contributed by atoms with E-state index < -0.39 is 0 Å². The Bertz CT molecular complexity index is 331. The van der Waals surface area contributed by atoms with Crippen molar-refractivity contribution in [3.8, 4) is 5.75 Å². The molecule has 1 atom stereocenters. The summed E-state index contributed by atoms with van der Waals surface area (Å²) < 4.78 is 0.893. The molecule has 1 N–H and O–H groups in total. The van der Waals surface area contributed by atoms with Gasteiger partial charge in [0.15, 0.2) is 0 Å². The van der Waals surface area contributed by atoms with Crippen LogP contribution in [0.2, 0.25) is 0 Å². The van der Waals surface area contributed by atoms with Crippen LogP contribution in [-0.4, -0.2) is 30.7 Å². The average Bonchev–Trinajstić information content (AvgIpc) is 2.07. The summed E-state index contributed by atoms with van der Waals surface area (Å²) in [6.45, 7) is 4.13. The Labute approximate surface area is 110 Å². The highest BCUT2D eigenvalue weighted by atomic mass is 127. The molecule has 0 fully saturated rings. The van der Waals surface area contributed by atoms with Crippen LogP contribution in [0, 0.1) is 6.92 Å². The first kappa shape index (κ1) is 14.7. The lowest BCUT2D eigenvalue weighted by Crippen LogP contribution is -3.00. The van der Waals surface area contributed by atoms with Crippen molar-refractivity contribution in [2.24, 2.45) is 0 Å². The summed E-state index contributed by atoms with van der Waals surface area (Å²) >= 11 is 0. The van der Waals surface area contributed by atoms with Crippen molar-refractivity contribution < 1.29 is 33.6 Å². The molecule has 1 rings (SSSR count). The summed E-state index contributed by atoms with van der Waals surface area (Å²) in [4.78, 5) is 0. The molecule has 0 bridgehead atoms. The highest BCUT2D eigenvalue weighted by Gasteiger charge is 2.20. The molecule has 86 valence electrons. The molecule has 0 aliphatic rings. The van der Waals surface area contributed by atoms with E-state index in [1.165, 1.54) is 5.56 Å². The minimum absolute atomic E-state index is 0. The number of hydrogen-bond donors (Lipinski definition) is 1. The fourth-order valence-electron chi connectivity index (χ4n) is 1.39. The largest absolute Gasteiger partial charge is 1.00 e. The summed E-state index contributed by atoms with van der Waals surface area (Å²) in [6, 6.07) is 6.27. The Kier molecular flexibility index (Phi) is 5.06. The molecule has 3 heteroatoms. The third kappa shape index (κ3) is 3.65. The number of benzene rings is 1. The number of hydrogen-bond acceptors (Lipinski definition) is 1. The second kappa shape index (κ2) is 5.16. The van der Waals surface area contributed by atoms with E-state index in [2.05, 4.69) is 34.1 Å². The first-order valence-electron chi connectivity index (χ1n) is 4.93. The Morgan fingerprint density at radius 3 is 2.13 bits per heavy atom. The number of aryl methyl sites for hydroxylation is 1. The zero-order chi connectivity index (χ0) is 10.9. The molecule has 2 nitrogen and oxygen atoms in total. The summed E-state index contributed by atoms with van der Waals surface area (Å²) in [6.07, 6.45) is 0. The van der Waals surface area contributed by atoms with Gasteiger partial charge in [0.05, 0.1) is 21.1 Å². The fourth-order valence-corrected chi connectivity index (χ4v) is 1.39. The molecule has 0 aliphatic carbocycles. The van der Waals surface area contributed by atoms with Gasteiger partial charge in [-0.05, 0) is 37.6 Å². The van der Waals surface area contributed by atoms with Gasteiger partial charge in [0, 0.05) is 5.56 Å². The Morgan fingerprint density at radius 1 is 1.20 bits per heavy atom. The molecular formula is C12H20INO. The molecule has 0 saturated heterocycles. The van der Waals surface area contributed by atoms with Crippen molar-refractivity contribution in [3.63, 3.8) is 0 Å². The maximum absolute atomic E-state index is 9.42. The molecule has 0 amide bonds. The van der Waals surface area contributed by atoms with Crippen LogP contribution >= 0.6 is 0 Å². The number of phenolic OH excluding ortho intramolecular Hbond substituents is 1. The highest BCUT2D eigenvalue weighted by molar-refractivity contribution is 5.35. The van der Waals surface area contributed by atoms with E-state index in [1.54, 1.807) is 6.07 Å². The smallest absolute Gasteiger partial charge is 0.118 e. The molecular weight excluding hydrogens is 301 g/mol.